The minimum atomic E-state index is -3.89. The van der Waals surface area contributed by atoms with Gasteiger partial charge in [-0.2, -0.15) is 0 Å². The Balaban J connectivity index is 2.19. The van der Waals surface area contributed by atoms with Crippen molar-refractivity contribution < 1.29 is 37.1 Å². The number of benzene rings is 2. The van der Waals surface area contributed by atoms with Crippen LogP contribution in [0.4, 0.5) is 4.39 Å². The highest BCUT2D eigenvalue weighted by Gasteiger charge is 2.37. The zero-order valence-electron chi connectivity index (χ0n) is 17.4. The Hall–Kier alpha value is -2.54. The Kier molecular flexibility index (Phi) is 9.85. The molecule has 0 bridgehead atoms. The molecule has 0 N–H and O–H groups in total. The van der Waals surface area contributed by atoms with E-state index in [1.54, 1.807) is 48.5 Å². The first kappa shape index (κ1) is 24.7. The third-order valence-corrected chi connectivity index (χ3v) is 6.40. The van der Waals surface area contributed by atoms with Crippen LogP contribution in [0.25, 0.3) is 0 Å². The van der Waals surface area contributed by atoms with Crippen molar-refractivity contribution >= 4 is 19.5 Å². The van der Waals surface area contributed by atoms with Crippen LogP contribution < -0.4 is 0 Å². The molecule has 2 atom stereocenters. The lowest BCUT2D eigenvalue weighted by Gasteiger charge is -2.23. The second kappa shape index (κ2) is 12.3. The molecular weight excluding hydrogens is 425 g/mol. The first-order valence-electron chi connectivity index (χ1n) is 9.62. The number of carbonyl (C=O) groups is 2. The topological polar surface area (TPSA) is 88.1 Å². The lowest BCUT2D eigenvalue weighted by Crippen LogP contribution is -2.28. The van der Waals surface area contributed by atoms with Gasteiger partial charge >= 0.3 is 19.5 Å². The molecule has 0 amide bonds. The van der Waals surface area contributed by atoms with Crippen LogP contribution in [-0.2, 0) is 45.9 Å². The minimum absolute atomic E-state index is 0.0309. The van der Waals surface area contributed by atoms with Gasteiger partial charge in [0.1, 0.15) is 0 Å². The average Bonchev–Trinajstić information content (AvgIpc) is 2.81. The van der Waals surface area contributed by atoms with E-state index in [0.29, 0.717) is 0 Å². The zero-order valence-corrected chi connectivity index (χ0v) is 18.3. The summed E-state index contributed by atoms with van der Waals surface area (Å²) in [6, 6.07) is 18.0. The van der Waals surface area contributed by atoms with Gasteiger partial charge < -0.3 is 18.5 Å². The Bertz CT molecular complexity index is 828. The minimum Gasteiger partial charge on any atom is -0.469 e. The SMILES string of the molecule is COC(=O)C([18F])CC(CP(=O)(OCc1ccccc1)OCc1ccccc1)C(=O)OC. The fraction of sp³-hybridized carbons (Fsp3) is 0.364. The van der Waals surface area contributed by atoms with Gasteiger partial charge in [0.15, 0.2) is 6.17 Å². The summed E-state index contributed by atoms with van der Waals surface area (Å²) in [7, 11) is -1.72. The van der Waals surface area contributed by atoms with E-state index in [1.807, 2.05) is 12.1 Å². The maximum absolute atomic E-state index is 14.2. The lowest BCUT2D eigenvalue weighted by atomic mass is 10.0. The largest absolute Gasteiger partial charge is 0.469 e. The Morgan fingerprint density at radius 2 is 1.29 bits per heavy atom. The second-order valence-corrected chi connectivity index (χ2v) is 8.86. The van der Waals surface area contributed by atoms with Crippen LogP contribution in [0.3, 0.4) is 0 Å². The molecule has 2 aromatic carbocycles. The summed E-state index contributed by atoms with van der Waals surface area (Å²) in [6.45, 7) is -0.0618. The maximum Gasteiger partial charge on any atom is 0.340 e. The smallest absolute Gasteiger partial charge is 0.340 e. The molecule has 0 spiro atoms. The molecule has 9 heteroatoms. The van der Waals surface area contributed by atoms with Crippen molar-refractivity contribution in [1.82, 2.24) is 0 Å². The number of methoxy groups -OCH3 is 2. The van der Waals surface area contributed by atoms with Crippen LogP contribution in [-0.4, -0.2) is 38.5 Å². The van der Waals surface area contributed by atoms with E-state index >= 15 is 0 Å². The summed E-state index contributed by atoms with van der Waals surface area (Å²) in [5, 5.41) is 0. The number of ether oxygens (including phenoxy) is 2. The zero-order chi connectivity index (χ0) is 22.7. The predicted molar refractivity (Wildman–Crippen MR) is 112 cm³/mol. The monoisotopic (exact) mass is 451 g/mol. The van der Waals surface area contributed by atoms with Crippen LogP contribution in [0.2, 0.25) is 0 Å². The molecule has 0 aliphatic carbocycles. The Labute approximate surface area is 181 Å². The summed E-state index contributed by atoms with van der Waals surface area (Å²) in [4.78, 5) is 23.7. The Morgan fingerprint density at radius 3 is 1.71 bits per heavy atom. The van der Waals surface area contributed by atoms with Gasteiger partial charge in [-0.25, -0.2) is 9.18 Å². The number of hydrogen-bond donors (Lipinski definition) is 0. The van der Waals surface area contributed by atoms with Crippen molar-refractivity contribution in [3.8, 4) is 0 Å². The summed E-state index contributed by atoms with van der Waals surface area (Å²) in [5.41, 5.74) is 1.50. The number of carbonyl (C=O) groups excluding carboxylic acids is 2. The van der Waals surface area contributed by atoms with E-state index in [4.69, 9.17) is 13.8 Å². The van der Waals surface area contributed by atoms with Gasteiger partial charge in [-0.1, -0.05) is 60.7 Å². The van der Waals surface area contributed by atoms with Crippen LogP contribution in [0, 0.1) is 5.92 Å². The highest BCUT2D eigenvalue weighted by molar-refractivity contribution is 7.53. The van der Waals surface area contributed by atoms with Gasteiger partial charge in [0.2, 0.25) is 0 Å². The summed E-state index contributed by atoms with van der Waals surface area (Å²) >= 11 is 0. The van der Waals surface area contributed by atoms with E-state index in [0.717, 1.165) is 25.3 Å². The number of rotatable bonds is 12. The first-order valence-corrected chi connectivity index (χ1v) is 11.4. The average molecular weight is 451 g/mol. The molecule has 2 aromatic rings. The van der Waals surface area contributed by atoms with Gasteiger partial charge in [-0.15, -0.1) is 0 Å². The van der Waals surface area contributed by atoms with Crippen molar-refractivity contribution in [3.05, 3.63) is 71.8 Å². The van der Waals surface area contributed by atoms with E-state index in [1.165, 1.54) is 0 Å². The van der Waals surface area contributed by atoms with Crippen LogP contribution in [0.15, 0.2) is 60.7 Å². The number of alkyl halides is 1. The molecule has 0 aliphatic rings. The maximum atomic E-state index is 14.2. The molecule has 0 heterocycles. The molecule has 31 heavy (non-hydrogen) atoms. The van der Waals surface area contributed by atoms with E-state index in [2.05, 4.69) is 4.74 Å². The van der Waals surface area contributed by atoms with Gasteiger partial charge in [0.25, 0.3) is 0 Å². The van der Waals surface area contributed by atoms with Gasteiger partial charge in [0.05, 0.1) is 39.5 Å². The second-order valence-electron chi connectivity index (χ2n) is 6.76. The van der Waals surface area contributed by atoms with E-state index < -0.39 is 44.2 Å². The number of hydrogen-bond acceptors (Lipinski definition) is 7. The first-order chi connectivity index (χ1) is 14.9. The van der Waals surface area contributed by atoms with Crippen molar-refractivity contribution in [2.75, 3.05) is 20.4 Å². The normalized spacial score (nSPS) is 13.3. The van der Waals surface area contributed by atoms with Gasteiger partial charge in [-0.3, -0.25) is 9.36 Å². The summed E-state index contributed by atoms with van der Waals surface area (Å²) < 4.78 is 48.0. The van der Waals surface area contributed by atoms with Crippen molar-refractivity contribution in [2.24, 2.45) is 5.92 Å². The molecule has 0 radical (unpaired) electrons. The van der Waals surface area contributed by atoms with Crippen molar-refractivity contribution in [3.63, 3.8) is 0 Å². The molecule has 0 saturated carbocycles. The quantitative estimate of drug-likeness (QED) is 0.351. The molecule has 168 valence electrons. The summed E-state index contributed by atoms with van der Waals surface area (Å²) in [5.74, 6) is -3.17. The lowest BCUT2D eigenvalue weighted by molar-refractivity contribution is -0.150. The predicted octanol–water partition coefficient (Wildman–Crippen LogP) is 4.30. The van der Waals surface area contributed by atoms with Gasteiger partial charge in [-0.05, 0) is 11.1 Å². The van der Waals surface area contributed by atoms with Gasteiger partial charge in [0, 0.05) is 6.42 Å². The van der Waals surface area contributed by atoms with E-state index in [-0.39, 0.29) is 13.2 Å². The standard InChI is InChI=1S/C22H26FO7P/c1-27-21(24)19(13-20(23)22(25)28-2)16-31(26,29-14-17-9-5-3-6-10-17)30-15-18-11-7-4-8-12-18/h3-12,19-20H,13-16H2,1-2H3/i23-1. The van der Waals surface area contributed by atoms with Crippen LogP contribution in [0.5, 0.6) is 0 Å². The number of esters is 2. The highest BCUT2D eigenvalue weighted by atomic mass is 31.2. The molecule has 0 aromatic heterocycles. The molecule has 2 unspecified atom stereocenters. The molecule has 7 nitrogen and oxygen atoms in total. The molecule has 0 fully saturated rings. The fourth-order valence-electron chi connectivity index (χ4n) is 2.79. The third kappa shape index (κ3) is 8.25. The van der Waals surface area contributed by atoms with Crippen LogP contribution >= 0.6 is 7.60 Å². The molecule has 0 aliphatic heterocycles. The van der Waals surface area contributed by atoms with E-state index in [9.17, 15) is 18.5 Å². The third-order valence-electron chi connectivity index (χ3n) is 4.47. The summed E-state index contributed by atoms with van der Waals surface area (Å²) in [6.07, 6.45) is -3.09. The number of halogens is 1. The fourth-order valence-corrected chi connectivity index (χ4v) is 4.61. The highest BCUT2D eigenvalue weighted by Crippen LogP contribution is 2.52. The molecule has 2 rings (SSSR count). The van der Waals surface area contributed by atoms with Crippen LogP contribution in [0.1, 0.15) is 17.5 Å². The molecular formula is C22H26FO7P. The van der Waals surface area contributed by atoms with Crippen molar-refractivity contribution in [1.29, 1.82) is 0 Å². The molecule has 0 saturated heterocycles. The Morgan fingerprint density at radius 1 is 0.839 bits per heavy atom. The van der Waals surface area contributed by atoms with Crippen molar-refractivity contribution in [2.45, 2.75) is 25.8 Å².